The summed E-state index contributed by atoms with van der Waals surface area (Å²) in [4.78, 5) is 27.6. The van der Waals surface area contributed by atoms with E-state index in [0.717, 1.165) is 5.56 Å². The van der Waals surface area contributed by atoms with E-state index in [1.54, 1.807) is 31.2 Å². The highest BCUT2D eigenvalue weighted by Crippen LogP contribution is 2.23. The third-order valence-corrected chi connectivity index (χ3v) is 3.51. The van der Waals surface area contributed by atoms with Crippen molar-refractivity contribution in [3.8, 4) is 0 Å². The molecule has 22 heavy (non-hydrogen) atoms. The van der Waals surface area contributed by atoms with E-state index in [4.69, 9.17) is 4.42 Å². The Morgan fingerprint density at radius 2 is 2.00 bits per heavy atom. The summed E-state index contributed by atoms with van der Waals surface area (Å²) in [5, 5.41) is 12.0. The van der Waals surface area contributed by atoms with Crippen LogP contribution < -0.4 is 5.32 Å². The molecule has 0 bridgehead atoms. The maximum atomic E-state index is 12.4. The lowest BCUT2D eigenvalue weighted by molar-refractivity contribution is -0.142. The molecule has 0 spiro atoms. The van der Waals surface area contributed by atoms with Gasteiger partial charge < -0.3 is 14.8 Å². The van der Waals surface area contributed by atoms with Gasteiger partial charge >= 0.3 is 5.97 Å². The molecular formula is C16H18N2O4. The van der Waals surface area contributed by atoms with Crippen molar-refractivity contribution in [1.82, 2.24) is 10.3 Å². The molecule has 0 saturated carbocycles. The number of benzene rings is 1. The molecule has 0 aliphatic rings. The second-order valence-corrected chi connectivity index (χ2v) is 4.97. The van der Waals surface area contributed by atoms with E-state index in [1.165, 1.54) is 6.39 Å². The summed E-state index contributed by atoms with van der Waals surface area (Å²) in [7, 11) is 0. The number of hydrogen-bond donors (Lipinski definition) is 2. The number of hydrogen-bond acceptors (Lipinski definition) is 4. The second kappa shape index (κ2) is 6.89. The first-order valence-electron chi connectivity index (χ1n) is 7.05. The highest BCUT2D eigenvalue weighted by Gasteiger charge is 2.28. The molecule has 2 rings (SSSR count). The first-order chi connectivity index (χ1) is 10.5. The minimum absolute atomic E-state index is 0.195. The number of aromatic nitrogens is 1. The van der Waals surface area contributed by atoms with Crippen molar-refractivity contribution < 1.29 is 19.1 Å². The molecule has 2 N–H and O–H groups in total. The number of aryl methyl sites for hydroxylation is 1. The smallest absolute Gasteiger partial charge is 0.308 e. The van der Waals surface area contributed by atoms with Crippen molar-refractivity contribution in [2.75, 3.05) is 0 Å². The first kappa shape index (κ1) is 15.8. The number of carboxylic acid groups (broad SMARTS) is 1. The Balaban J connectivity index is 2.27. The van der Waals surface area contributed by atoms with E-state index >= 15 is 0 Å². The van der Waals surface area contributed by atoms with E-state index in [0.29, 0.717) is 12.2 Å². The number of carboxylic acids is 1. The number of rotatable bonds is 6. The highest BCUT2D eigenvalue weighted by molar-refractivity contribution is 5.93. The van der Waals surface area contributed by atoms with Gasteiger partial charge in [0.2, 0.25) is 0 Å². The molecular weight excluding hydrogens is 284 g/mol. The highest BCUT2D eigenvalue weighted by atomic mass is 16.4. The predicted molar refractivity (Wildman–Crippen MR) is 79.3 cm³/mol. The maximum absolute atomic E-state index is 12.4. The summed E-state index contributed by atoms with van der Waals surface area (Å²) in [6.45, 7) is 3.41. The van der Waals surface area contributed by atoms with Gasteiger partial charge in [-0.3, -0.25) is 9.59 Å². The van der Waals surface area contributed by atoms with Crippen LogP contribution in [0.15, 0.2) is 41.1 Å². The molecule has 6 nitrogen and oxygen atoms in total. The van der Waals surface area contributed by atoms with E-state index in [-0.39, 0.29) is 5.69 Å². The summed E-state index contributed by atoms with van der Waals surface area (Å²) in [5.41, 5.74) is 0.924. The Hall–Kier alpha value is -2.63. The van der Waals surface area contributed by atoms with Gasteiger partial charge in [0.15, 0.2) is 12.1 Å². The maximum Gasteiger partial charge on any atom is 0.308 e. The summed E-state index contributed by atoms with van der Waals surface area (Å²) >= 11 is 0. The van der Waals surface area contributed by atoms with Gasteiger partial charge in [-0.25, -0.2) is 4.98 Å². The molecule has 0 saturated heterocycles. The van der Waals surface area contributed by atoms with Crippen molar-refractivity contribution in [1.29, 1.82) is 0 Å². The third kappa shape index (κ3) is 3.33. The Morgan fingerprint density at radius 3 is 2.59 bits per heavy atom. The van der Waals surface area contributed by atoms with Crippen LogP contribution >= 0.6 is 0 Å². The average Bonchev–Trinajstić information content (AvgIpc) is 3.01. The lowest BCUT2D eigenvalue weighted by atomic mass is 9.94. The molecule has 0 aliphatic heterocycles. The molecule has 6 heteroatoms. The van der Waals surface area contributed by atoms with Crippen molar-refractivity contribution in [2.45, 2.75) is 26.3 Å². The second-order valence-electron chi connectivity index (χ2n) is 4.97. The van der Waals surface area contributed by atoms with Crippen LogP contribution in [0.3, 0.4) is 0 Å². The van der Waals surface area contributed by atoms with Gasteiger partial charge in [0, 0.05) is 6.42 Å². The number of nitrogens with one attached hydrogen (secondary N) is 1. The van der Waals surface area contributed by atoms with Crippen LogP contribution in [0.25, 0.3) is 0 Å². The molecule has 0 fully saturated rings. The molecule has 2 atom stereocenters. The van der Waals surface area contributed by atoms with E-state index in [1.807, 2.05) is 13.0 Å². The average molecular weight is 302 g/mol. The zero-order valence-corrected chi connectivity index (χ0v) is 12.4. The third-order valence-electron chi connectivity index (χ3n) is 3.51. The van der Waals surface area contributed by atoms with Crippen molar-refractivity contribution in [2.24, 2.45) is 5.92 Å². The number of aliphatic carboxylic acids is 1. The van der Waals surface area contributed by atoms with Gasteiger partial charge in [0.25, 0.3) is 5.91 Å². The quantitative estimate of drug-likeness (QED) is 0.855. The summed E-state index contributed by atoms with van der Waals surface area (Å²) < 4.78 is 5.14. The molecule has 2 aromatic rings. The standard InChI is InChI=1S/C16H18N2O4/c1-3-12-14(17-9-22-12)15(19)18-13(10(2)16(20)21)11-7-5-4-6-8-11/h4-10,13H,3H2,1-2H3,(H,18,19)(H,20,21). The zero-order valence-electron chi connectivity index (χ0n) is 12.4. The minimum atomic E-state index is -0.981. The number of oxazole rings is 1. The van der Waals surface area contributed by atoms with E-state index < -0.39 is 23.8 Å². The van der Waals surface area contributed by atoms with Gasteiger partial charge in [0.05, 0.1) is 12.0 Å². The van der Waals surface area contributed by atoms with Crippen LogP contribution in [0, 0.1) is 5.92 Å². The Kier molecular flexibility index (Phi) is 4.93. The number of carbonyl (C=O) groups is 2. The number of nitrogens with zero attached hydrogens (tertiary/aromatic N) is 1. The van der Waals surface area contributed by atoms with Crippen LogP contribution in [-0.4, -0.2) is 22.0 Å². The summed E-state index contributed by atoms with van der Waals surface area (Å²) in [5.74, 6) is -1.71. The van der Waals surface area contributed by atoms with E-state index in [2.05, 4.69) is 10.3 Å². The van der Waals surface area contributed by atoms with Crippen LogP contribution in [0.4, 0.5) is 0 Å². The van der Waals surface area contributed by atoms with Crippen molar-refractivity contribution in [3.63, 3.8) is 0 Å². The molecule has 0 radical (unpaired) electrons. The van der Waals surface area contributed by atoms with Gasteiger partial charge in [0.1, 0.15) is 5.76 Å². The molecule has 1 aromatic carbocycles. The molecule has 1 aromatic heterocycles. The Labute approximate surface area is 128 Å². The van der Waals surface area contributed by atoms with Crippen LogP contribution in [0.5, 0.6) is 0 Å². The van der Waals surface area contributed by atoms with Gasteiger partial charge in [-0.05, 0) is 12.5 Å². The Bertz CT molecular complexity index is 651. The predicted octanol–water partition coefficient (Wildman–Crippen LogP) is 2.43. The van der Waals surface area contributed by atoms with Gasteiger partial charge in [-0.1, -0.05) is 37.3 Å². The van der Waals surface area contributed by atoms with Crippen molar-refractivity contribution in [3.05, 3.63) is 53.7 Å². The first-order valence-corrected chi connectivity index (χ1v) is 7.05. The fourth-order valence-electron chi connectivity index (χ4n) is 2.22. The van der Waals surface area contributed by atoms with Gasteiger partial charge in [-0.2, -0.15) is 0 Å². The molecule has 2 unspecified atom stereocenters. The lowest BCUT2D eigenvalue weighted by Gasteiger charge is -2.22. The lowest BCUT2D eigenvalue weighted by Crippen LogP contribution is -2.36. The van der Waals surface area contributed by atoms with Crippen LogP contribution in [-0.2, 0) is 11.2 Å². The minimum Gasteiger partial charge on any atom is -0.481 e. The summed E-state index contributed by atoms with van der Waals surface area (Å²) in [6, 6.07) is 8.36. The topological polar surface area (TPSA) is 92.4 Å². The van der Waals surface area contributed by atoms with Crippen molar-refractivity contribution >= 4 is 11.9 Å². The fraction of sp³-hybridized carbons (Fsp3) is 0.312. The summed E-state index contributed by atoms with van der Waals surface area (Å²) in [6.07, 6.45) is 1.75. The largest absolute Gasteiger partial charge is 0.481 e. The SMILES string of the molecule is CCc1ocnc1C(=O)NC(c1ccccc1)C(C)C(=O)O. The molecule has 116 valence electrons. The van der Waals surface area contributed by atoms with E-state index in [9.17, 15) is 14.7 Å². The van der Waals surface area contributed by atoms with Crippen LogP contribution in [0.1, 0.15) is 41.7 Å². The van der Waals surface area contributed by atoms with Gasteiger partial charge in [-0.15, -0.1) is 0 Å². The molecule has 0 aliphatic carbocycles. The Morgan fingerprint density at radius 1 is 1.32 bits per heavy atom. The molecule has 1 heterocycles. The monoisotopic (exact) mass is 302 g/mol. The van der Waals surface area contributed by atoms with Crippen LogP contribution in [0.2, 0.25) is 0 Å². The fourth-order valence-corrected chi connectivity index (χ4v) is 2.22. The normalized spacial score (nSPS) is 13.4. The zero-order chi connectivity index (χ0) is 16.1. The number of amides is 1. The number of carbonyl (C=O) groups excluding carboxylic acids is 1. The molecule has 1 amide bonds.